The Morgan fingerprint density at radius 2 is 1.94 bits per heavy atom. The minimum Gasteiger partial charge on any atom is -0.356 e. The largest absolute Gasteiger partial charge is 0.416 e. The van der Waals surface area contributed by atoms with Gasteiger partial charge >= 0.3 is 6.18 Å². The Labute approximate surface area is 177 Å². The van der Waals surface area contributed by atoms with Crippen molar-refractivity contribution in [3.63, 3.8) is 0 Å². The minimum absolute atomic E-state index is 0.0470. The molecule has 1 aliphatic heterocycles. The van der Waals surface area contributed by atoms with E-state index in [9.17, 15) is 18.0 Å². The molecule has 0 radical (unpaired) electrons. The molecule has 0 spiro atoms. The van der Waals surface area contributed by atoms with Crippen molar-refractivity contribution < 1.29 is 22.5 Å². The van der Waals surface area contributed by atoms with Gasteiger partial charge in [0.1, 0.15) is 5.82 Å². The molecule has 31 heavy (non-hydrogen) atoms. The second-order valence-corrected chi connectivity index (χ2v) is 7.71. The van der Waals surface area contributed by atoms with Gasteiger partial charge in [-0.3, -0.25) is 4.79 Å². The molecule has 1 amide bonds. The maximum Gasteiger partial charge on any atom is 0.416 e. The zero-order valence-electron chi connectivity index (χ0n) is 17.1. The van der Waals surface area contributed by atoms with E-state index in [4.69, 9.17) is 4.52 Å². The van der Waals surface area contributed by atoms with Crippen LogP contribution in [-0.4, -0.2) is 39.0 Å². The highest BCUT2D eigenvalue weighted by Gasteiger charge is 2.32. The number of amides is 1. The lowest BCUT2D eigenvalue weighted by Gasteiger charge is -2.33. The Morgan fingerprint density at radius 3 is 2.58 bits per heavy atom. The van der Waals surface area contributed by atoms with Gasteiger partial charge in [0.25, 0.3) is 5.91 Å². The molecule has 162 valence electrons. The van der Waals surface area contributed by atoms with Crippen LogP contribution in [0.1, 0.15) is 51.9 Å². The number of hydrogen-bond acceptors (Lipinski definition) is 5. The average molecular weight is 430 g/mol. The van der Waals surface area contributed by atoms with E-state index in [1.54, 1.807) is 18.0 Å². The lowest BCUT2D eigenvalue weighted by Crippen LogP contribution is -2.39. The van der Waals surface area contributed by atoms with Crippen LogP contribution >= 0.6 is 0 Å². The van der Waals surface area contributed by atoms with Crippen molar-refractivity contribution in [3.05, 3.63) is 64.9 Å². The highest BCUT2D eigenvalue weighted by molar-refractivity contribution is 5.94. The number of hydrogen-bond donors (Lipinski definition) is 0. The Kier molecular flexibility index (Phi) is 5.51. The molecule has 2 aromatic heterocycles. The number of benzene rings is 1. The van der Waals surface area contributed by atoms with Gasteiger partial charge in [-0.1, -0.05) is 5.16 Å². The quantitative estimate of drug-likeness (QED) is 0.598. The van der Waals surface area contributed by atoms with Crippen LogP contribution in [0, 0.1) is 13.8 Å². The monoisotopic (exact) mass is 430 g/mol. The highest BCUT2D eigenvalue weighted by Crippen LogP contribution is 2.34. The zero-order valence-corrected chi connectivity index (χ0v) is 17.1. The number of halogens is 3. The molecule has 0 bridgehead atoms. The van der Waals surface area contributed by atoms with E-state index in [0.29, 0.717) is 24.7 Å². The molecule has 1 atom stereocenters. The number of aryl methyl sites for hydroxylation is 2. The molecule has 0 aliphatic carbocycles. The standard InChI is InChI=1S/C22H21F3N4O2/c1-13-10-19(31-28-13)18-11-26-14(2)27-20(18)16-4-3-9-29(12-16)21(30)15-5-7-17(8-6-15)22(23,24)25/h5-8,10-11,16H,3-4,9,12H2,1-2H3. The highest BCUT2D eigenvalue weighted by atomic mass is 19.4. The van der Waals surface area contributed by atoms with Crippen LogP contribution in [0.4, 0.5) is 13.2 Å². The predicted molar refractivity (Wildman–Crippen MR) is 106 cm³/mol. The molecule has 3 heterocycles. The van der Waals surface area contributed by atoms with Gasteiger partial charge in [-0.05, 0) is 51.0 Å². The maximum absolute atomic E-state index is 12.9. The normalized spacial score (nSPS) is 17.1. The third-order valence-corrected chi connectivity index (χ3v) is 5.39. The van der Waals surface area contributed by atoms with E-state index < -0.39 is 11.7 Å². The smallest absolute Gasteiger partial charge is 0.356 e. The molecule has 0 saturated carbocycles. The average Bonchev–Trinajstić information content (AvgIpc) is 3.19. The molecule has 4 rings (SSSR count). The van der Waals surface area contributed by atoms with Gasteiger partial charge in [0.2, 0.25) is 0 Å². The summed E-state index contributed by atoms with van der Waals surface area (Å²) in [7, 11) is 0. The summed E-state index contributed by atoms with van der Waals surface area (Å²) in [4.78, 5) is 23.5. The molecule has 6 nitrogen and oxygen atoms in total. The molecule has 1 fully saturated rings. The number of rotatable bonds is 3. The first kappa shape index (κ1) is 21.0. The number of alkyl halides is 3. The first-order valence-corrected chi connectivity index (χ1v) is 9.96. The third kappa shape index (κ3) is 4.45. The molecule has 1 unspecified atom stereocenters. The second kappa shape index (κ2) is 8.13. The van der Waals surface area contributed by atoms with Gasteiger partial charge in [0, 0.05) is 36.8 Å². The molecule has 3 aromatic rings. The minimum atomic E-state index is -4.43. The Bertz CT molecular complexity index is 1090. The van der Waals surface area contributed by atoms with E-state index >= 15 is 0 Å². The molecule has 0 N–H and O–H groups in total. The summed E-state index contributed by atoms with van der Waals surface area (Å²) >= 11 is 0. The molecule has 9 heteroatoms. The van der Waals surface area contributed by atoms with Gasteiger partial charge in [0.05, 0.1) is 22.5 Å². The summed E-state index contributed by atoms with van der Waals surface area (Å²) in [6.45, 7) is 4.58. The number of carbonyl (C=O) groups excluding carboxylic acids is 1. The molecular weight excluding hydrogens is 409 g/mol. The molecule has 1 saturated heterocycles. The van der Waals surface area contributed by atoms with Crippen LogP contribution in [0.5, 0.6) is 0 Å². The maximum atomic E-state index is 12.9. The fourth-order valence-electron chi connectivity index (χ4n) is 3.85. The Morgan fingerprint density at radius 1 is 1.19 bits per heavy atom. The molecular formula is C22H21F3N4O2. The van der Waals surface area contributed by atoms with E-state index in [0.717, 1.165) is 41.9 Å². The predicted octanol–water partition coefficient (Wildman–Crippen LogP) is 4.79. The molecule has 1 aliphatic rings. The van der Waals surface area contributed by atoms with Crippen molar-refractivity contribution in [2.75, 3.05) is 13.1 Å². The summed E-state index contributed by atoms with van der Waals surface area (Å²) < 4.78 is 43.8. The number of carbonyl (C=O) groups is 1. The van der Waals surface area contributed by atoms with E-state index in [2.05, 4.69) is 15.1 Å². The molecule has 1 aromatic carbocycles. The lowest BCUT2D eigenvalue weighted by molar-refractivity contribution is -0.137. The van der Waals surface area contributed by atoms with Gasteiger partial charge < -0.3 is 9.42 Å². The van der Waals surface area contributed by atoms with Gasteiger partial charge in [-0.25, -0.2) is 9.97 Å². The topological polar surface area (TPSA) is 72.1 Å². The van der Waals surface area contributed by atoms with Crippen molar-refractivity contribution in [3.8, 4) is 11.3 Å². The van der Waals surface area contributed by atoms with E-state index in [1.807, 2.05) is 13.0 Å². The Balaban J connectivity index is 1.58. The van der Waals surface area contributed by atoms with Crippen LogP contribution in [0.25, 0.3) is 11.3 Å². The number of piperidine rings is 1. The number of aromatic nitrogens is 3. The van der Waals surface area contributed by atoms with E-state index in [1.165, 1.54) is 12.1 Å². The first-order chi connectivity index (χ1) is 14.7. The lowest BCUT2D eigenvalue weighted by atomic mass is 9.91. The number of likely N-dealkylation sites (tertiary alicyclic amines) is 1. The van der Waals surface area contributed by atoms with Crippen molar-refractivity contribution >= 4 is 5.91 Å². The van der Waals surface area contributed by atoms with Gasteiger partial charge in [-0.15, -0.1) is 0 Å². The fourth-order valence-corrected chi connectivity index (χ4v) is 3.85. The van der Waals surface area contributed by atoms with Crippen LogP contribution < -0.4 is 0 Å². The second-order valence-electron chi connectivity index (χ2n) is 7.71. The van der Waals surface area contributed by atoms with Crippen LogP contribution in [0.15, 0.2) is 41.1 Å². The third-order valence-electron chi connectivity index (χ3n) is 5.39. The van der Waals surface area contributed by atoms with Crippen molar-refractivity contribution in [2.45, 2.75) is 38.8 Å². The van der Waals surface area contributed by atoms with Crippen LogP contribution in [0.3, 0.4) is 0 Å². The van der Waals surface area contributed by atoms with Gasteiger partial charge in [0.15, 0.2) is 5.76 Å². The Hall–Kier alpha value is -3.23. The van der Waals surface area contributed by atoms with Crippen molar-refractivity contribution in [1.29, 1.82) is 0 Å². The summed E-state index contributed by atoms with van der Waals surface area (Å²) in [6, 6.07) is 6.14. The fraction of sp³-hybridized carbons (Fsp3) is 0.364. The zero-order chi connectivity index (χ0) is 22.2. The summed E-state index contributed by atoms with van der Waals surface area (Å²) in [5.74, 6) is 0.843. The number of nitrogens with zero attached hydrogens (tertiary/aromatic N) is 4. The first-order valence-electron chi connectivity index (χ1n) is 9.96. The summed E-state index contributed by atoms with van der Waals surface area (Å²) in [5, 5.41) is 3.93. The van der Waals surface area contributed by atoms with Crippen molar-refractivity contribution in [1.82, 2.24) is 20.0 Å². The van der Waals surface area contributed by atoms with Crippen LogP contribution in [0.2, 0.25) is 0 Å². The van der Waals surface area contributed by atoms with Gasteiger partial charge in [-0.2, -0.15) is 13.2 Å². The summed E-state index contributed by atoms with van der Waals surface area (Å²) in [5.41, 5.74) is 1.72. The SMILES string of the molecule is Cc1cc(-c2cnc(C)nc2C2CCCN(C(=O)c3ccc(C(F)(F)F)cc3)C2)on1. The van der Waals surface area contributed by atoms with Crippen molar-refractivity contribution in [2.24, 2.45) is 0 Å². The van der Waals surface area contributed by atoms with Crippen LogP contribution in [-0.2, 0) is 6.18 Å². The van der Waals surface area contributed by atoms with E-state index in [-0.39, 0.29) is 17.4 Å². The summed E-state index contributed by atoms with van der Waals surface area (Å²) in [6.07, 6.45) is -1.14.